The molecule has 0 N–H and O–H groups in total. The quantitative estimate of drug-likeness (QED) is 0.0346. The molecule has 0 heterocycles. The Morgan fingerprint density at radius 2 is 0.719 bits per heavy atom. The van der Waals surface area contributed by atoms with E-state index >= 15 is 0 Å². The summed E-state index contributed by atoms with van der Waals surface area (Å²) in [6, 6.07) is 0. The average molecular weight is 893 g/mol. The van der Waals surface area contributed by atoms with Gasteiger partial charge in [-0.1, -0.05) is 222 Å². The third kappa shape index (κ3) is 52.0. The summed E-state index contributed by atoms with van der Waals surface area (Å²) in [5.74, 6) is -0.416. The second-order valence-electron chi connectivity index (χ2n) is 18.1. The Labute approximate surface area is 397 Å². The number of hydrogen-bond acceptors (Lipinski definition) is 5. The van der Waals surface area contributed by atoms with Crippen LogP contribution in [0.25, 0.3) is 0 Å². The summed E-state index contributed by atoms with van der Waals surface area (Å²) < 4.78 is 17.4. The molecule has 0 aromatic rings. The average Bonchev–Trinajstić information content (AvgIpc) is 3.30. The summed E-state index contributed by atoms with van der Waals surface area (Å²) in [5, 5.41) is 0. The molecule has 5 heteroatoms. The smallest absolute Gasteiger partial charge is 0.306 e. The van der Waals surface area contributed by atoms with Crippen molar-refractivity contribution in [2.45, 2.75) is 271 Å². The molecule has 0 aliphatic heterocycles. The lowest BCUT2D eigenvalue weighted by atomic mass is 10.1. The van der Waals surface area contributed by atoms with E-state index in [0.717, 1.165) is 89.9 Å². The fourth-order valence-electron chi connectivity index (χ4n) is 7.59. The third-order valence-electron chi connectivity index (χ3n) is 11.7. The van der Waals surface area contributed by atoms with Gasteiger partial charge < -0.3 is 14.2 Å². The molecule has 0 fully saturated rings. The minimum Gasteiger partial charge on any atom is -0.462 e. The van der Waals surface area contributed by atoms with Crippen LogP contribution in [0.1, 0.15) is 265 Å². The van der Waals surface area contributed by atoms with Crippen molar-refractivity contribution in [2.24, 2.45) is 0 Å². The van der Waals surface area contributed by atoms with Crippen molar-refractivity contribution >= 4 is 11.9 Å². The van der Waals surface area contributed by atoms with E-state index in [2.05, 4.69) is 93.7 Å². The van der Waals surface area contributed by atoms with Crippen molar-refractivity contribution in [2.75, 3.05) is 19.8 Å². The molecule has 1 atom stereocenters. The van der Waals surface area contributed by atoms with Crippen molar-refractivity contribution in [3.8, 4) is 0 Å². The van der Waals surface area contributed by atoms with Gasteiger partial charge in [-0.3, -0.25) is 9.59 Å². The van der Waals surface area contributed by atoms with Crippen LogP contribution >= 0.6 is 0 Å². The second-order valence-corrected chi connectivity index (χ2v) is 18.1. The minimum absolute atomic E-state index is 0.0743. The van der Waals surface area contributed by atoms with Crippen LogP contribution in [0.3, 0.4) is 0 Å². The van der Waals surface area contributed by atoms with Crippen LogP contribution in [0.5, 0.6) is 0 Å². The van der Waals surface area contributed by atoms with Gasteiger partial charge in [0.05, 0.1) is 6.61 Å². The molecule has 0 spiro atoms. The highest BCUT2D eigenvalue weighted by molar-refractivity contribution is 5.70. The number of hydrogen-bond donors (Lipinski definition) is 0. The lowest BCUT2D eigenvalue weighted by molar-refractivity contribution is -0.163. The Morgan fingerprint density at radius 1 is 0.359 bits per heavy atom. The van der Waals surface area contributed by atoms with Gasteiger partial charge in [-0.05, 0) is 103 Å². The molecule has 0 aromatic heterocycles. The fourth-order valence-corrected chi connectivity index (χ4v) is 7.59. The Balaban J connectivity index is 4.22. The van der Waals surface area contributed by atoms with E-state index in [1.165, 1.54) is 141 Å². The van der Waals surface area contributed by atoms with Crippen molar-refractivity contribution in [3.63, 3.8) is 0 Å². The topological polar surface area (TPSA) is 61.8 Å². The highest BCUT2D eigenvalue weighted by atomic mass is 16.6. The molecule has 0 aliphatic rings. The number of allylic oxidation sites excluding steroid dienone is 12. The van der Waals surface area contributed by atoms with E-state index in [9.17, 15) is 9.59 Å². The van der Waals surface area contributed by atoms with E-state index in [1.54, 1.807) is 0 Å². The van der Waals surface area contributed by atoms with Gasteiger partial charge in [-0.2, -0.15) is 0 Å². The summed E-state index contributed by atoms with van der Waals surface area (Å²) in [5.41, 5.74) is 0. The maximum absolute atomic E-state index is 12.8. The third-order valence-corrected chi connectivity index (χ3v) is 11.7. The van der Waals surface area contributed by atoms with Crippen molar-refractivity contribution in [3.05, 3.63) is 72.9 Å². The molecule has 0 aliphatic carbocycles. The van der Waals surface area contributed by atoms with Gasteiger partial charge in [0.15, 0.2) is 6.10 Å². The first-order chi connectivity index (χ1) is 31.6. The lowest BCUT2D eigenvalue weighted by Gasteiger charge is -2.18. The van der Waals surface area contributed by atoms with Gasteiger partial charge in [-0.15, -0.1) is 0 Å². The molecular formula is C59H104O5. The maximum atomic E-state index is 12.8. The molecule has 1 unspecified atom stereocenters. The summed E-state index contributed by atoms with van der Waals surface area (Å²) in [4.78, 5) is 25.4. The predicted octanol–water partition coefficient (Wildman–Crippen LogP) is 18.7. The largest absolute Gasteiger partial charge is 0.462 e. The van der Waals surface area contributed by atoms with Crippen LogP contribution in [0.2, 0.25) is 0 Å². The number of rotatable bonds is 50. The Bertz CT molecular complexity index is 1150. The van der Waals surface area contributed by atoms with Crippen LogP contribution in [0.15, 0.2) is 72.9 Å². The van der Waals surface area contributed by atoms with Gasteiger partial charge in [0, 0.05) is 19.4 Å². The number of esters is 2. The zero-order chi connectivity index (χ0) is 46.3. The minimum atomic E-state index is -0.548. The Hall–Kier alpha value is -2.66. The van der Waals surface area contributed by atoms with Gasteiger partial charge in [0.1, 0.15) is 6.61 Å². The second kappa shape index (κ2) is 54.7. The molecular weight excluding hydrogens is 789 g/mol. The van der Waals surface area contributed by atoms with Crippen LogP contribution < -0.4 is 0 Å². The molecule has 0 rings (SSSR count). The number of ether oxygens (including phenoxy) is 3. The number of carbonyl (C=O) groups is 2. The van der Waals surface area contributed by atoms with Crippen molar-refractivity contribution < 1.29 is 23.8 Å². The lowest BCUT2D eigenvalue weighted by Crippen LogP contribution is -2.30. The Morgan fingerprint density at radius 3 is 1.19 bits per heavy atom. The van der Waals surface area contributed by atoms with Crippen molar-refractivity contribution in [1.82, 2.24) is 0 Å². The van der Waals surface area contributed by atoms with Gasteiger partial charge in [-0.25, -0.2) is 0 Å². The number of unbranched alkanes of at least 4 members (excludes halogenated alkanes) is 27. The maximum Gasteiger partial charge on any atom is 0.306 e. The summed E-state index contributed by atoms with van der Waals surface area (Å²) in [7, 11) is 0. The van der Waals surface area contributed by atoms with Gasteiger partial charge >= 0.3 is 11.9 Å². The first-order valence-corrected chi connectivity index (χ1v) is 27.5. The molecule has 5 nitrogen and oxygen atoms in total. The molecule has 0 aromatic carbocycles. The summed E-state index contributed by atoms with van der Waals surface area (Å²) >= 11 is 0. The summed E-state index contributed by atoms with van der Waals surface area (Å²) in [6.07, 6.45) is 70.6. The van der Waals surface area contributed by atoms with Crippen LogP contribution in [-0.4, -0.2) is 37.9 Å². The Kier molecular flexibility index (Phi) is 52.4. The van der Waals surface area contributed by atoms with Gasteiger partial charge in [0.2, 0.25) is 0 Å². The van der Waals surface area contributed by atoms with E-state index in [1.807, 2.05) is 0 Å². The van der Waals surface area contributed by atoms with Crippen molar-refractivity contribution in [1.29, 1.82) is 0 Å². The highest BCUT2D eigenvalue weighted by Crippen LogP contribution is 2.14. The molecule has 370 valence electrons. The van der Waals surface area contributed by atoms with E-state index in [0.29, 0.717) is 19.4 Å². The summed E-state index contributed by atoms with van der Waals surface area (Å²) in [6.45, 7) is 7.65. The predicted molar refractivity (Wildman–Crippen MR) is 279 cm³/mol. The van der Waals surface area contributed by atoms with Crippen LogP contribution in [0, 0.1) is 0 Å². The molecule has 0 saturated carbocycles. The van der Waals surface area contributed by atoms with E-state index in [4.69, 9.17) is 14.2 Å². The molecule has 64 heavy (non-hydrogen) atoms. The van der Waals surface area contributed by atoms with E-state index in [-0.39, 0.29) is 25.2 Å². The zero-order valence-corrected chi connectivity index (χ0v) is 42.5. The molecule has 0 bridgehead atoms. The molecule has 0 radical (unpaired) electrons. The first-order valence-electron chi connectivity index (χ1n) is 27.5. The fraction of sp³-hybridized carbons (Fsp3) is 0.763. The molecule has 0 amide bonds. The van der Waals surface area contributed by atoms with Gasteiger partial charge in [0.25, 0.3) is 0 Å². The first kappa shape index (κ1) is 61.3. The zero-order valence-electron chi connectivity index (χ0n) is 42.5. The molecule has 0 saturated heterocycles. The SMILES string of the molecule is CC/C=C\C/C=C\C/C=C\CCCCCCCCCC(=O)OCC(COCCCCCCCCCCCC/C=C\C/C=C\CCCCC)OC(=O)CCCCCCC/C=C\CCCC. The van der Waals surface area contributed by atoms with Crippen LogP contribution in [0.4, 0.5) is 0 Å². The number of carbonyl (C=O) groups excluding carboxylic acids is 2. The van der Waals surface area contributed by atoms with E-state index < -0.39 is 6.10 Å². The normalized spacial score (nSPS) is 12.7. The van der Waals surface area contributed by atoms with Crippen LogP contribution in [-0.2, 0) is 23.8 Å². The highest BCUT2D eigenvalue weighted by Gasteiger charge is 2.17. The standard InChI is InChI=1S/C59H104O5/c1-4-7-10-13-16-19-22-24-26-28-29-30-32-34-36-39-42-45-48-51-54-62-55-57(64-59(61)53-50-47-44-41-37-21-18-15-12-9-6-3)56-63-58(60)52-49-46-43-40-38-35-33-31-27-25-23-20-17-14-11-8-5-2/h8,11,15-20,24-27,57H,4-7,9-10,12-14,21-23,28-56H2,1-3H3/b11-8-,18-15-,19-16-,20-17-,26-24-,27-25-. The monoisotopic (exact) mass is 893 g/mol.